The monoisotopic (exact) mass is 235 g/mol. The quantitative estimate of drug-likeness (QED) is 0.818. The van der Waals surface area contributed by atoms with Crippen molar-refractivity contribution < 1.29 is 4.79 Å². The number of rotatable bonds is 3. The van der Waals surface area contributed by atoms with E-state index in [1.54, 1.807) is 6.92 Å². The molecule has 0 heterocycles. The van der Waals surface area contributed by atoms with Crippen molar-refractivity contribution in [3.63, 3.8) is 0 Å². The second-order valence-electron chi connectivity index (χ2n) is 3.77. The standard InChI is InChI=1S/C13H17NOS/c1-9-7-12(14)8-10(2)13(9)5-4-6-16-11(3)15/h4-5,7-8H,6,14H2,1-3H3. The summed E-state index contributed by atoms with van der Waals surface area (Å²) in [6.07, 6.45) is 4.07. The highest BCUT2D eigenvalue weighted by molar-refractivity contribution is 8.13. The summed E-state index contributed by atoms with van der Waals surface area (Å²) in [5.74, 6) is 0.721. The SMILES string of the molecule is CC(=O)SCC=Cc1c(C)cc(N)cc1C. The van der Waals surface area contributed by atoms with E-state index in [-0.39, 0.29) is 5.12 Å². The van der Waals surface area contributed by atoms with E-state index < -0.39 is 0 Å². The van der Waals surface area contributed by atoms with Gasteiger partial charge in [-0.1, -0.05) is 23.9 Å². The first kappa shape index (κ1) is 12.8. The summed E-state index contributed by atoms with van der Waals surface area (Å²) in [6, 6.07) is 3.93. The molecular weight excluding hydrogens is 218 g/mol. The molecule has 86 valence electrons. The first-order chi connectivity index (χ1) is 7.50. The van der Waals surface area contributed by atoms with Crippen LogP contribution in [0.2, 0.25) is 0 Å². The lowest BCUT2D eigenvalue weighted by molar-refractivity contribution is -0.109. The number of aryl methyl sites for hydroxylation is 2. The van der Waals surface area contributed by atoms with Crippen LogP contribution in [0.5, 0.6) is 0 Å². The Morgan fingerprint density at radius 2 is 1.94 bits per heavy atom. The Kier molecular flexibility index (Phi) is 4.62. The van der Waals surface area contributed by atoms with Crippen molar-refractivity contribution in [2.45, 2.75) is 20.8 Å². The molecule has 0 saturated heterocycles. The minimum atomic E-state index is 0.149. The normalized spacial score (nSPS) is 10.9. The number of hydrogen-bond acceptors (Lipinski definition) is 3. The number of benzene rings is 1. The summed E-state index contributed by atoms with van der Waals surface area (Å²) in [5.41, 5.74) is 10.1. The van der Waals surface area contributed by atoms with E-state index in [0.717, 1.165) is 11.4 Å². The molecule has 1 aromatic carbocycles. The number of carbonyl (C=O) groups is 1. The summed E-state index contributed by atoms with van der Waals surface area (Å²) < 4.78 is 0. The minimum Gasteiger partial charge on any atom is -0.399 e. The Hall–Kier alpha value is -1.22. The second kappa shape index (κ2) is 5.75. The lowest BCUT2D eigenvalue weighted by Crippen LogP contribution is -1.92. The van der Waals surface area contributed by atoms with Crippen LogP contribution in [0.4, 0.5) is 5.69 Å². The third kappa shape index (κ3) is 3.74. The molecule has 0 radical (unpaired) electrons. The summed E-state index contributed by atoms with van der Waals surface area (Å²) >= 11 is 1.31. The smallest absolute Gasteiger partial charge is 0.186 e. The number of thioether (sulfide) groups is 1. The Balaban J connectivity index is 2.77. The van der Waals surface area contributed by atoms with Crippen molar-refractivity contribution in [2.75, 3.05) is 11.5 Å². The summed E-state index contributed by atoms with van der Waals surface area (Å²) in [6.45, 7) is 5.67. The van der Waals surface area contributed by atoms with Crippen molar-refractivity contribution in [1.82, 2.24) is 0 Å². The molecule has 2 nitrogen and oxygen atoms in total. The van der Waals surface area contributed by atoms with Gasteiger partial charge in [0.2, 0.25) is 0 Å². The Morgan fingerprint density at radius 3 is 2.44 bits per heavy atom. The molecule has 0 aromatic heterocycles. The molecule has 0 atom stereocenters. The number of carbonyl (C=O) groups excluding carboxylic acids is 1. The lowest BCUT2D eigenvalue weighted by atomic mass is 10.0. The van der Waals surface area contributed by atoms with Crippen molar-refractivity contribution in [2.24, 2.45) is 0 Å². The summed E-state index contributed by atoms with van der Waals surface area (Å²) in [7, 11) is 0. The summed E-state index contributed by atoms with van der Waals surface area (Å²) in [4.78, 5) is 10.7. The van der Waals surface area contributed by atoms with Gasteiger partial charge in [-0.15, -0.1) is 0 Å². The largest absolute Gasteiger partial charge is 0.399 e. The van der Waals surface area contributed by atoms with Gasteiger partial charge in [0.05, 0.1) is 0 Å². The minimum absolute atomic E-state index is 0.149. The van der Waals surface area contributed by atoms with E-state index in [4.69, 9.17) is 5.73 Å². The fourth-order valence-electron chi connectivity index (χ4n) is 1.60. The summed E-state index contributed by atoms with van der Waals surface area (Å²) in [5, 5.41) is 0.149. The van der Waals surface area contributed by atoms with Crippen molar-refractivity contribution in [3.05, 3.63) is 34.9 Å². The average Bonchev–Trinajstić information content (AvgIpc) is 2.14. The van der Waals surface area contributed by atoms with Crippen molar-refractivity contribution in [3.8, 4) is 0 Å². The molecule has 0 bridgehead atoms. The van der Waals surface area contributed by atoms with Gasteiger partial charge >= 0.3 is 0 Å². The van der Waals surface area contributed by atoms with E-state index in [2.05, 4.69) is 6.08 Å². The molecule has 0 aliphatic heterocycles. The zero-order valence-corrected chi connectivity index (χ0v) is 10.7. The van der Waals surface area contributed by atoms with Gasteiger partial charge in [-0.05, 0) is 42.7 Å². The van der Waals surface area contributed by atoms with Crippen LogP contribution in [-0.2, 0) is 4.79 Å². The van der Waals surface area contributed by atoms with Gasteiger partial charge in [-0.25, -0.2) is 0 Å². The lowest BCUT2D eigenvalue weighted by Gasteiger charge is -2.06. The second-order valence-corrected chi connectivity index (χ2v) is 4.97. The number of hydrogen-bond donors (Lipinski definition) is 1. The highest BCUT2D eigenvalue weighted by Gasteiger charge is 2.00. The molecule has 0 spiro atoms. The van der Waals surface area contributed by atoms with Crippen molar-refractivity contribution in [1.29, 1.82) is 0 Å². The van der Waals surface area contributed by atoms with E-state index in [1.165, 1.54) is 28.5 Å². The maximum absolute atomic E-state index is 10.7. The Bertz CT molecular complexity index is 401. The molecular formula is C13H17NOS. The van der Waals surface area contributed by atoms with Crippen molar-refractivity contribution >= 4 is 28.6 Å². The number of nitrogens with two attached hydrogens (primary N) is 1. The van der Waals surface area contributed by atoms with E-state index >= 15 is 0 Å². The van der Waals surface area contributed by atoms with Gasteiger partial charge in [0.25, 0.3) is 0 Å². The zero-order valence-electron chi connectivity index (χ0n) is 9.91. The number of anilines is 1. The fraction of sp³-hybridized carbons (Fsp3) is 0.308. The maximum atomic E-state index is 10.7. The molecule has 0 saturated carbocycles. The van der Waals surface area contributed by atoms with Gasteiger partial charge in [0.1, 0.15) is 0 Å². The molecule has 16 heavy (non-hydrogen) atoms. The molecule has 3 heteroatoms. The van der Waals surface area contributed by atoms with Crippen LogP contribution < -0.4 is 5.73 Å². The van der Waals surface area contributed by atoms with E-state index in [1.807, 2.05) is 32.1 Å². The predicted octanol–water partition coefficient (Wildman–Crippen LogP) is 3.18. The topological polar surface area (TPSA) is 43.1 Å². The van der Waals surface area contributed by atoms with Gasteiger partial charge in [0.15, 0.2) is 5.12 Å². The Labute approximate surface area is 101 Å². The van der Waals surface area contributed by atoms with Gasteiger partial charge in [0, 0.05) is 18.4 Å². The zero-order chi connectivity index (χ0) is 12.1. The molecule has 0 fully saturated rings. The van der Waals surface area contributed by atoms with Crippen LogP contribution in [0.1, 0.15) is 23.6 Å². The fourth-order valence-corrected chi connectivity index (χ4v) is 2.03. The van der Waals surface area contributed by atoms with E-state index in [0.29, 0.717) is 0 Å². The average molecular weight is 235 g/mol. The third-order valence-electron chi connectivity index (χ3n) is 2.28. The van der Waals surface area contributed by atoms with Gasteiger partial charge in [-0.3, -0.25) is 4.79 Å². The first-order valence-corrected chi connectivity index (χ1v) is 6.16. The molecule has 2 N–H and O–H groups in total. The van der Waals surface area contributed by atoms with E-state index in [9.17, 15) is 4.79 Å². The van der Waals surface area contributed by atoms with Gasteiger partial charge in [-0.2, -0.15) is 0 Å². The molecule has 0 unspecified atom stereocenters. The molecule has 1 aromatic rings. The molecule has 0 amide bonds. The van der Waals surface area contributed by atoms with Crippen LogP contribution in [0, 0.1) is 13.8 Å². The van der Waals surface area contributed by atoms with Crippen LogP contribution in [0.3, 0.4) is 0 Å². The highest BCUT2D eigenvalue weighted by atomic mass is 32.2. The predicted molar refractivity (Wildman–Crippen MR) is 72.5 cm³/mol. The Morgan fingerprint density at radius 1 is 1.38 bits per heavy atom. The molecule has 1 rings (SSSR count). The number of nitrogen functional groups attached to an aromatic ring is 1. The highest BCUT2D eigenvalue weighted by Crippen LogP contribution is 2.19. The van der Waals surface area contributed by atoms with Crippen LogP contribution in [0.15, 0.2) is 18.2 Å². The molecule has 0 aliphatic rings. The van der Waals surface area contributed by atoms with Crippen LogP contribution >= 0.6 is 11.8 Å². The van der Waals surface area contributed by atoms with Crippen LogP contribution in [-0.4, -0.2) is 10.9 Å². The molecule has 0 aliphatic carbocycles. The van der Waals surface area contributed by atoms with Gasteiger partial charge < -0.3 is 5.73 Å². The third-order valence-corrected chi connectivity index (χ3v) is 3.05. The van der Waals surface area contributed by atoms with Crippen LogP contribution in [0.25, 0.3) is 6.08 Å². The maximum Gasteiger partial charge on any atom is 0.186 e. The first-order valence-electron chi connectivity index (χ1n) is 5.17.